The number of nitrogens with one attached hydrogen (secondary N) is 1. The number of ether oxygens (including phenoxy) is 1. The number of nitrogens with zero attached hydrogens (tertiary/aromatic N) is 3. The van der Waals surface area contributed by atoms with E-state index in [0.29, 0.717) is 17.5 Å². The van der Waals surface area contributed by atoms with Crippen LogP contribution < -0.4 is 5.32 Å². The molecule has 0 atom stereocenters. The van der Waals surface area contributed by atoms with Crippen LogP contribution in [0.15, 0.2) is 29.5 Å². The molecule has 2 aromatic heterocycles. The van der Waals surface area contributed by atoms with Crippen LogP contribution in [0.4, 0.5) is 0 Å². The van der Waals surface area contributed by atoms with E-state index in [1.807, 2.05) is 22.9 Å². The molecule has 8 heteroatoms. The fraction of sp³-hybridized carbons (Fsp3) is 0.500. The number of carbonyl (C=O) groups excluding carboxylic acids is 1. The lowest BCUT2D eigenvalue weighted by atomic mass is 10.2. The zero-order chi connectivity index (χ0) is 18.6. The average Bonchev–Trinajstić information content (AvgIpc) is 2.98. The van der Waals surface area contributed by atoms with Gasteiger partial charge in [0.25, 0.3) is 5.91 Å². The van der Waals surface area contributed by atoms with Crippen molar-refractivity contribution in [1.29, 1.82) is 0 Å². The minimum absolute atomic E-state index is 0.142. The van der Waals surface area contributed by atoms with E-state index < -0.39 is 8.07 Å². The van der Waals surface area contributed by atoms with Gasteiger partial charge in [0.2, 0.25) is 0 Å². The van der Waals surface area contributed by atoms with Crippen molar-refractivity contribution in [3.05, 3.63) is 30.1 Å². The Morgan fingerprint density at radius 3 is 3.00 bits per heavy atom. The Bertz CT molecular complexity index is 813. The number of amides is 1. The fourth-order valence-corrected chi connectivity index (χ4v) is 4.21. The van der Waals surface area contributed by atoms with Crippen LogP contribution in [0.1, 0.15) is 16.8 Å². The highest BCUT2D eigenvalue weighted by atomic mass is 32.2. The van der Waals surface area contributed by atoms with Crippen LogP contribution in [0.3, 0.4) is 0 Å². The van der Waals surface area contributed by atoms with Crippen LogP contribution in [0.25, 0.3) is 11.0 Å². The first-order chi connectivity index (χ1) is 12.4. The highest BCUT2D eigenvalue weighted by molar-refractivity contribution is 8.13. The van der Waals surface area contributed by atoms with Crippen molar-refractivity contribution in [3.63, 3.8) is 0 Å². The van der Waals surface area contributed by atoms with Gasteiger partial charge in [-0.15, -0.1) is 0 Å². The molecule has 1 N–H and O–H groups in total. The lowest BCUT2D eigenvalue weighted by Crippen LogP contribution is -2.30. The molecule has 26 heavy (non-hydrogen) atoms. The molecular formula is C18H26N4O2SSi. The standard InChI is InChI=1S/C18H26N4O2SSi/c1-26(2,3)11-9-24-13-22-12-15(14-6-4-7-19-16(14)22)17(23)21-18-20-8-5-10-25-18/h4,6-7,12H,5,8-11,13H2,1-3H3,(H,20,21,23). The normalized spacial score (nSPS) is 15.1. The highest BCUT2D eigenvalue weighted by Gasteiger charge is 2.18. The van der Waals surface area contributed by atoms with E-state index in [0.717, 1.165) is 42.4 Å². The van der Waals surface area contributed by atoms with E-state index in [9.17, 15) is 4.79 Å². The maximum Gasteiger partial charge on any atom is 0.259 e. The molecule has 6 nitrogen and oxygen atoms in total. The number of hydrogen-bond donors (Lipinski definition) is 1. The number of carbonyl (C=O) groups is 1. The smallest absolute Gasteiger partial charge is 0.259 e. The van der Waals surface area contributed by atoms with E-state index >= 15 is 0 Å². The summed E-state index contributed by atoms with van der Waals surface area (Å²) in [5, 5.41) is 4.46. The monoisotopic (exact) mass is 390 g/mol. The topological polar surface area (TPSA) is 68.5 Å². The molecule has 0 bridgehead atoms. The number of aliphatic imine (C=N–C) groups is 1. The molecule has 1 amide bonds. The van der Waals surface area contributed by atoms with Gasteiger partial charge >= 0.3 is 0 Å². The number of hydrogen-bond acceptors (Lipinski definition) is 5. The Morgan fingerprint density at radius 2 is 2.27 bits per heavy atom. The van der Waals surface area contributed by atoms with Gasteiger partial charge in [0.1, 0.15) is 12.4 Å². The maximum absolute atomic E-state index is 12.7. The Kier molecular flexibility index (Phi) is 6.15. The van der Waals surface area contributed by atoms with Crippen molar-refractivity contribution in [1.82, 2.24) is 14.9 Å². The molecule has 1 aliphatic rings. The highest BCUT2D eigenvalue weighted by Crippen LogP contribution is 2.20. The maximum atomic E-state index is 12.7. The second kappa shape index (κ2) is 8.37. The largest absolute Gasteiger partial charge is 0.361 e. The number of thioether (sulfide) groups is 1. The van der Waals surface area contributed by atoms with Crippen molar-refractivity contribution >= 4 is 41.9 Å². The van der Waals surface area contributed by atoms with Crippen molar-refractivity contribution in [2.45, 2.75) is 38.8 Å². The van der Waals surface area contributed by atoms with Gasteiger partial charge in [0, 0.05) is 44.8 Å². The second-order valence-electron chi connectivity index (χ2n) is 7.58. The first-order valence-electron chi connectivity index (χ1n) is 8.94. The molecule has 3 heterocycles. The van der Waals surface area contributed by atoms with Crippen LogP contribution in [0.5, 0.6) is 0 Å². The summed E-state index contributed by atoms with van der Waals surface area (Å²) in [6, 6.07) is 4.89. The molecule has 140 valence electrons. The van der Waals surface area contributed by atoms with Gasteiger partial charge < -0.3 is 14.6 Å². The molecule has 0 fully saturated rings. The van der Waals surface area contributed by atoms with Gasteiger partial charge in [-0.3, -0.25) is 9.79 Å². The Hall–Kier alpha value is -1.64. The van der Waals surface area contributed by atoms with E-state index in [4.69, 9.17) is 4.74 Å². The molecule has 0 spiro atoms. The molecule has 0 saturated heterocycles. The molecular weight excluding hydrogens is 364 g/mol. The summed E-state index contributed by atoms with van der Waals surface area (Å²) in [4.78, 5) is 21.5. The third kappa shape index (κ3) is 4.96. The molecule has 0 radical (unpaired) electrons. The lowest BCUT2D eigenvalue weighted by molar-refractivity contribution is 0.0894. The quantitative estimate of drug-likeness (QED) is 0.605. The molecule has 0 unspecified atom stereocenters. The predicted octanol–water partition coefficient (Wildman–Crippen LogP) is 3.57. The number of amidine groups is 1. The van der Waals surface area contributed by atoms with Crippen molar-refractivity contribution < 1.29 is 9.53 Å². The van der Waals surface area contributed by atoms with Gasteiger partial charge in [-0.1, -0.05) is 31.4 Å². The number of pyridine rings is 1. The second-order valence-corrected chi connectivity index (χ2v) is 14.3. The third-order valence-corrected chi connectivity index (χ3v) is 6.82. The molecule has 2 aromatic rings. The minimum atomic E-state index is -1.12. The lowest BCUT2D eigenvalue weighted by Gasteiger charge is -2.15. The van der Waals surface area contributed by atoms with E-state index in [1.165, 1.54) is 0 Å². The van der Waals surface area contributed by atoms with Crippen LogP contribution in [0.2, 0.25) is 25.7 Å². The number of rotatable bonds is 6. The minimum Gasteiger partial charge on any atom is -0.361 e. The SMILES string of the molecule is C[Si](C)(C)CCOCn1cc(C(=O)NC2=NCCCS2)c2cccnc21. The number of fused-ring (bicyclic) bond motifs is 1. The first kappa shape index (κ1) is 19.1. The van der Waals surface area contributed by atoms with Gasteiger partial charge in [-0.2, -0.15) is 0 Å². The fourth-order valence-electron chi connectivity index (χ4n) is 2.64. The average molecular weight is 391 g/mol. The van der Waals surface area contributed by atoms with Crippen LogP contribution in [-0.4, -0.2) is 47.6 Å². The Morgan fingerprint density at radius 1 is 1.42 bits per heavy atom. The van der Waals surface area contributed by atoms with E-state index in [1.54, 1.807) is 18.0 Å². The van der Waals surface area contributed by atoms with Crippen molar-refractivity contribution in [3.8, 4) is 0 Å². The summed E-state index contributed by atoms with van der Waals surface area (Å²) in [5.41, 5.74) is 1.37. The predicted molar refractivity (Wildman–Crippen MR) is 111 cm³/mol. The zero-order valence-corrected chi connectivity index (χ0v) is 17.4. The summed E-state index contributed by atoms with van der Waals surface area (Å²) in [5.74, 6) is 0.852. The number of aromatic nitrogens is 2. The summed E-state index contributed by atoms with van der Waals surface area (Å²) < 4.78 is 7.75. The van der Waals surface area contributed by atoms with E-state index in [-0.39, 0.29) is 5.91 Å². The van der Waals surface area contributed by atoms with Crippen molar-refractivity contribution in [2.24, 2.45) is 4.99 Å². The summed E-state index contributed by atoms with van der Waals surface area (Å²) >= 11 is 1.59. The van der Waals surface area contributed by atoms with Gasteiger partial charge in [0.15, 0.2) is 5.17 Å². The molecule has 0 saturated carbocycles. The van der Waals surface area contributed by atoms with Crippen LogP contribution >= 0.6 is 11.8 Å². The molecule has 0 aromatic carbocycles. The molecule has 0 aliphatic carbocycles. The van der Waals surface area contributed by atoms with Crippen molar-refractivity contribution in [2.75, 3.05) is 18.9 Å². The van der Waals surface area contributed by atoms with Gasteiger partial charge in [-0.25, -0.2) is 4.98 Å². The van der Waals surface area contributed by atoms with Crippen LogP contribution in [-0.2, 0) is 11.5 Å². The molecule has 1 aliphatic heterocycles. The Balaban J connectivity index is 1.74. The third-order valence-electron chi connectivity index (χ3n) is 4.12. The van der Waals surface area contributed by atoms with Crippen LogP contribution in [0, 0.1) is 0 Å². The summed E-state index contributed by atoms with van der Waals surface area (Å²) in [6.45, 7) is 8.90. The van der Waals surface area contributed by atoms with Gasteiger partial charge in [-0.05, 0) is 24.6 Å². The summed E-state index contributed by atoms with van der Waals surface area (Å²) in [7, 11) is -1.12. The molecule has 3 rings (SSSR count). The summed E-state index contributed by atoms with van der Waals surface area (Å²) in [6.07, 6.45) is 4.63. The van der Waals surface area contributed by atoms with Gasteiger partial charge in [0.05, 0.1) is 5.56 Å². The Labute approximate surface area is 159 Å². The van der Waals surface area contributed by atoms with E-state index in [2.05, 4.69) is 34.9 Å². The first-order valence-corrected chi connectivity index (χ1v) is 13.6. The zero-order valence-electron chi connectivity index (χ0n) is 15.6.